The molecule has 114 valence electrons. The summed E-state index contributed by atoms with van der Waals surface area (Å²) in [6.45, 7) is 5.54. The molecule has 1 amide bonds. The molecule has 0 bridgehead atoms. The van der Waals surface area contributed by atoms with Crippen LogP contribution in [0, 0.1) is 0 Å². The highest BCUT2D eigenvalue weighted by atomic mass is 32.1. The Morgan fingerprint density at radius 1 is 1.38 bits per heavy atom. The zero-order chi connectivity index (χ0) is 15.7. The maximum atomic E-state index is 12.0. The number of nitrogens with two attached hydrogens (primary N) is 1. The van der Waals surface area contributed by atoms with Crippen LogP contribution in [0.25, 0.3) is 0 Å². The summed E-state index contributed by atoms with van der Waals surface area (Å²) < 4.78 is 5.32. The third-order valence-electron chi connectivity index (χ3n) is 3.17. The lowest BCUT2D eigenvalue weighted by Crippen LogP contribution is -2.39. The Morgan fingerprint density at radius 3 is 2.57 bits per heavy atom. The molecule has 0 aliphatic heterocycles. The lowest BCUT2D eigenvalue weighted by Gasteiger charge is -2.24. The van der Waals surface area contributed by atoms with Gasteiger partial charge in [-0.25, -0.2) is 4.79 Å². The minimum absolute atomic E-state index is 0.220. The van der Waals surface area contributed by atoms with Crippen molar-refractivity contribution in [3.05, 3.63) is 29.8 Å². The highest BCUT2D eigenvalue weighted by Crippen LogP contribution is 2.46. The molecule has 0 aromatic heterocycles. The molecule has 1 aromatic rings. The largest absolute Gasteiger partial charge is 0.444 e. The van der Waals surface area contributed by atoms with E-state index in [1.54, 1.807) is 0 Å². The predicted molar refractivity (Wildman–Crippen MR) is 87.1 cm³/mol. The Kier molecular flexibility index (Phi) is 4.09. The van der Waals surface area contributed by atoms with Crippen LogP contribution in [0.2, 0.25) is 0 Å². The van der Waals surface area contributed by atoms with Crippen molar-refractivity contribution in [3.63, 3.8) is 0 Å². The fourth-order valence-electron chi connectivity index (χ4n) is 2.15. The number of nitrogens with one attached hydrogen (secondary N) is 2. The molecular weight excluding hydrogens is 286 g/mol. The van der Waals surface area contributed by atoms with Gasteiger partial charge in [0.1, 0.15) is 5.60 Å². The van der Waals surface area contributed by atoms with E-state index in [9.17, 15) is 4.79 Å². The third-order valence-corrected chi connectivity index (χ3v) is 3.27. The molecule has 2 rings (SSSR count). The molecule has 21 heavy (non-hydrogen) atoms. The Hall–Kier alpha value is -1.82. The molecule has 1 saturated carbocycles. The van der Waals surface area contributed by atoms with E-state index >= 15 is 0 Å². The van der Waals surface area contributed by atoms with Crippen molar-refractivity contribution in [1.82, 2.24) is 5.32 Å². The molecule has 4 N–H and O–H groups in total. The number of anilines is 1. The molecule has 5 nitrogen and oxygen atoms in total. The first kappa shape index (κ1) is 15.6. The van der Waals surface area contributed by atoms with Gasteiger partial charge in [0, 0.05) is 5.69 Å². The van der Waals surface area contributed by atoms with E-state index in [0.717, 1.165) is 24.1 Å². The Bertz CT molecular complexity index is 562. The lowest BCUT2D eigenvalue weighted by molar-refractivity contribution is 0.0495. The molecule has 6 heteroatoms. The normalized spacial score (nSPS) is 16.0. The Morgan fingerprint density at radius 2 is 2.05 bits per heavy atom. The maximum absolute atomic E-state index is 12.0. The van der Waals surface area contributed by atoms with Gasteiger partial charge in [0.2, 0.25) is 0 Å². The highest BCUT2D eigenvalue weighted by molar-refractivity contribution is 7.80. The summed E-state index contributed by atoms with van der Waals surface area (Å²) in [7, 11) is 0. The van der Waals surface area contributed by atoms with Crippen molar-refractivity contribution < 1.29 is 9.53 Å². The van der Waals surface area contributed by atoms with E-state index in [2.05, 4.69) is 10.6 Å². The van der Waals surface area contributed by atoms with E-state index in [1.165, 1.54) is 0 Å². The summed E-state index contributed by atoms with van der Waals surface area (Å²) in [4.78, 5) is 12.0. The van der Waals surface area contributed by atoms with Crippen molar-refractivity contribution in [1.29, 1.82) is 0 Å². The van der Waals surface area contributed by atoms with Gasteiger partial charge in [0.05, 0.1) is 5.54 Å². The number of amides is 1. The number of thiocarbonyl (C=S) groups is 1. The summed E-state index contributed by atoms with van der Waals surface area (Å²) in [5.74, 6) is 0. The second-order valence-electron chi connectivity index (χ2n) is 6.28. The first-order chi connectivity index (χ1) is 9.70. The van der Waals surface area contributed by atoms with E-state index in [4.69, 9.17) is 22.7 Å². The first-order valence-electron chi connectivity index (χ1n) is 6.88. The van der Waals surface area contributed by atoms with Crippen LogP contribution in [0.3, 0.4) is 0 Å². The van der Waals surface area contributed by atoms with Gasteiger partial charge >= 0.3 is 6.09 Å². The monoisotopic (exact) mass is 307 g/mol. The molecule has 1 aliphatic carbocycles. The van der Waals surface area contributed by atoms with Crippen molar-refractivity contribution in [2.24, 2.45) is 5.73 Å². The quantitative estimate of drug-likeness (QED) is 0.749. The number of rotatable bonds is 3. The van der Waals surface area contributed by atoms with Crippen LogP contribution in [-0.4, -0.2) is 16.8 Å². The van der Waals surface area contributed by atoms with Gasteiger partial charge < -0.3 is 21.1 Å². The SMILES string of the molecule is CC(C)(C)OC(=O)NC1(c2cccc(NC(N)=S)c2)CC1. The Labute approximate surface area is 130 Å². The number of hydrogen-bond acceptors (Lipinski definition) is 3. The van der Waals surface area contributed by atoms with E-state index in [1.807, 2.05) is 45.0 Å². The van der Waals surface area contributed by atoms with Crippen LogP contribution >= 0.6 is 12.2 Å². The zero-order valence-electron chi connectivity index (χ0n) is 12.5. The minimum atomic E-state index is -0.505. The van der Waals surface area contributed by atoms with Gasteiger partial charge in [-0.3, -0.25) is 0 Å². The van der Waals surface area contributed by atoms with Gasteiger partial charge in [-0.05, 0) is 63.5 Å². The fourth-order valence-corrected chi connectivity index (χ4v) is 2.26. The molecule has 1 aromatic carbocycles. The molecular formula is C15H21N3O2S. The number of alkyl carbamates (subject to hydrolysis) is 1. The standard InChI is InChI=1S/C15H21N3O2S/c1-14(2,3)20-13(19)18-15(7-8-15)10-5-4-6-11(9-10)17-12(16)21/h4-6,9H,7-8H2,1-3H3,(H,18,19)(H3,16,17,21). The first-order valence-corrected chi connectivity index (χ1v) is 7.29. The minimum Gasteiger partial charge on any atom is -0.444 e. The van der Waals surface area contributed by atoms with Crippen LogP contribution in [0.15, 0.2) is 24.3 Å². The predicted octanol–water partition coefficient (Wildman–Crippen LogP) is 2.86. The molecule has 0 unspecified atom stereocenters. The zero-order valence-corrected chi connectivity index (χ0v) is 13.3. The number of ether oxygens (including phenoxy) is 1. The average Bonchev–Trinajstić information content (AvgIpc) is 3.06. The smallest absolute Gasteiger partial charge is 0.408 e. The van der Waals surface area contributed by atoms with E-state index < -0.39 is 11.7 Å². The van der Waals surface area contributed by atoms with Crippen molar-refractivity contribution >= 4 is 29.1 Å². The topological polar surface area (TPSA) is 76.4 Å². The van der Waals surface area contributed by atoms with Crippen LogP contribution in [-0.2, 0) is 10.3 Å². The summed E-state index contributed by atoms with van der Waals surface area (Å²) in [6, 6.07) is 7.72. The molecule has 0 heterocycles. The lowest BCUT2D eigenvalue weighted by atomic mass is 10.0. The summed E-state index contributed by atoms with van der Waals surface area (Å²) in [6.07, 6.45) is 1.39. The number of benzene rings is 1. The number of hydrogen-bond donors (Lipinski definition) is 3. The maximum Gasteiger partial charge on any atom is 0.408 e. The van der Waals surface area contributed by atoms with Gasteiger partial charge in [-0.1, -0.05) is 12.1 Å². The van der Waals surface area contributed by atoms with Gasteiger partial charge in [0.25, 0.3) is 0 Å². The molecule has 1 aliphatic rings. The van der Waals surface area contributed by atoms with Crippen LogP contribution in [0.4, 0.5) is 10.5 Å². The van der Waals surface area contributed by atoms with E-state index in [0.29, 0.717) is 0 Å². The Balaban J connectivity index is 2.10. The van der Waals surface area contributed by atoms with Gasteiger partial charge in [-0.15, -0.1) is 0 Å². The average molecular weight is 307 g/mol. The highest BCUT2D eigenvalue weighted by Gasteiger charge is 2.46. The summed E-state index contributed by atoms with van der Waals surface area (Å²) in [5.41, 5.74) is 6.48. The van der Waals surface area contributed by atoms with Gasteiger partial charge in [0.15, 0.2) is 5.11 Å². The van der Waals surface area contributed by atoms with Crippen molar-refractivity contribution in [2.45, 2.75) is 44.8 Å². The molecule has 0 saturated heterocycles. The second-order valence-corrected chi connectivity index (χ2v) is 6.72. The van der Waals surface area contributed by atoms with Crippen molar-refractivity contribution in [2.75, 3.05) is 5.32 Å². The molecule has 1 fully saturated rings. The second kappa shape index (κ2) is 5.52. The molecule has 0 radical (unpaired) electrons. The third kappa shape index (κ3) is 4.32. The number of carbonyl (C=O) groups is 1. The summed E-state index contributed by atoms with van der Waals surface area (Å²) >= 11 is 4.84. The number of carbonyl (C=O) groups excluding carboxylic acids is 1. The van der Waals surface area contributed by atoms with Gasteiger partial charge in [-0.2, -0.15) is 0 Å². The van der Waals surface area contributed by atoms with Crippen LogP contribution < -0.4 is 16.4 Å². The van der Waals surface area contributed by atoms with Crippen molar-refractivity contribution in [3.8, 4) is 0 Å². The van der Waals surface area contributed by atoms with E-state index in [-0.39, 0.29) is 10.7 Å². The van der Waals surface area contributed by atoms with Crippen LogP contribution in [0.1, 0.15) is 39.2 Å². The molecule has 0 spiro atoms. The van der Waals surface area contributed by atoms with Crippen LogP contribution in [0.5, 0.6) is 0 Å². The fraction of sp³-hybridized carbons (Fsp3) is 0.467. The molecule has 0 atom stereocenters. The summed E-state index contributed by atoms with van der Waals surface area (Å²) in [5, 5.41) is 6.09.